The quantitative estimate of drug-likeness (QED) is 0.488. The summed E-state index contributed by atoms with van der Waals surface area (Å²) >= 11 is 1.70. The highest BCUT2D eigenvalue weighted by molar-refractivity contribution is 7.98. The van der Waals surface area contributed by atoms with Gasteiger partial charge in [-0.1, -0.05) is 48.6 Å². The van der Waals surface area contributed by atoms with Crippen LogP contribution in [-0.4, -0.2) is 0 Å². The zero-order chi connectivity index (χ0) is 19.1. The van der Waals surface area contributed by atoms with E-state index >= 15 is 0 Å². The average molecular weight is 377 g/mol. The lowest BCUT2D eigenvalue weighted by Crippen LogP contribution is -1.93. The normalized spacial score (nSPS) is 12.0. The second kappa shape index (κ2) is 9.16. The van der Waals surface area contributed by atoms with Gasteiger partial charge < -0.3 is 0 Å². The summed E-state index contributed by atoms with van der Waals surface area (Å²) in [6.07, 6.45) is 3.98. The van der Waals surface area contributed by atoms with Crippen LogP contribution >= 0.6 is 11.8 Å². The van der Waals surface area contributed by atoms with Gasteiger partial charge in [0.2, 0.25) is 0 Å². The van der Waals surface area contributed by atoms with E-state index in [9.17, 15) is 8.78 Å². The number of thioether (sulfide) groups is 1. The molecule has 27 heavy (non-hydrogen) atoms. The number of rotatable bonds is 6. The molecule has 0 aliphatic carbocycles. The molecule has 1 nitrogen and oxygen atoms in total. The Morgan fingerprint density at radius 1 is 0.852 bits per heavy atom. The fourth-order valence-electron chi connectivity index (χ4n) is 2.55. The first-order valence-electron chi connectivity index (χ1n) is 8.44. The minimum Gasteiger partial charge on any atom is -0.207 e. The SMILES string of the molecule is N#Cc1ccc(CSC(/C=C/c2ccc(F)cc2)c2ccc(F)cc2)cc1. The van der Waals surface area contributed by atoms with Crippen LogP contribution in [0, 0.1) is 23.0 Å². The zero-order valence-electron chi connectivity index (χ0n) is 14.5. The second-order valence-corrected chi connectivity index (χ2v) is 7.13. The van der Waals surface area contributed by atoms with E-state index in [1.165, 1.54) is 24.3 Å². The summed E-state index contributed by atoms with van der Waals surface area (Å²) in [7, 11) is 0. The molecular formula is C23H17F2NS. The van der Waals surface area contributed by atoms with Gasteiger partial charge in [-0.05, 0) is 53.1 Å². The lowest BCUT2D eigenvalue weighted by molar-refractivity contribution is 0.627. The maximum Gasteiger partial charge on any atom is 0.123 e. The number of nitriles is 1. The van der Waals surface area contributed by atoms with Crippen molar-refractivity contribution in [3.63, 3.8) is 0 Å². The van der Waals surface area contributed by atoms with Gasteiger partial charge in [0.25, 0.3) is 0 Å². The van der Waals surface area contributed by atoms with Gasteiger partial charge in [0.1, 0.15) is 11.6 Å². The Morgan fingerprint density at radius 3 is 2.04 bits per heavy atom. The molecule has 3 rings (SSSR count). The summed E-state index contributed by atoms with van der Waals surface area (Å²) in [4.78, 5) is 0. The highest BCUT2D eigenvalue weighted by Gasteiger charge is 2.10. The van der Waals surface area contributed by atoms with Crippen LogP contribution < -0.4 is 0 Å². The highest BCUT2D eigenvalue weighted by atomic mass is 32.2. The molecule has 3 aromatic carbocycles. The van der Waals surface area contributed by atoms with Crippen molar-refractivity contribution < 1.29 is 8.78 Å². The molecule has 1 atom stereocenters. The van der Waals surface area contributed by atoms with E-state index in [1.54, 1.807) is 48.2 Å². The average Bonchev–Trinajstić information content (AvgIpc) is 2.70. The maximum absolute atomic E-state index is 13.3. The molecule has 0 N–H and O–H groups in total. The van der Waals surface area contributed by atoms with Gasteiger partial charge in [-0.15, -0.1) is 11.8 Å². The number of benzene rings is 3. The van der Waals surface area contributed by atoms with E-state index in [1.807, 2.05) is 24.3 Å². The Kier molecular flexibility index (Phi) is 6.40. The van der Waals surface area contributed by atoms with Crippen molar-refractivity contribution in [3.8, 4) is 6.07 Å². The first-order chi connectivity index (χ1) is 13.1. The van der Waals surface area contributed by atoms with Crippen molar-refractivity contribution in [1.29, 1.82) is 5.26 Å². The first-order valence-corrected chi connectivity index (χ1v) is 9.49. The van der Waals surface area contributed by atoms with Crippen molar-refractivity contribution in [2.75, 3.05) is 0 Å². The molecule has 0 saturated heterocycles. The fraction of sp³-hybridized carbons (Fsp3) is 0.0870. The van der Waals surface area contributed by atoms with E-state index in [2.05, 4.69) is 6.07 Å². The Morgan fingerprint density at radius 2 is 1.44 bits per heavy atom. The van der Waals surface area contributed by atoms with Crippen molar-refractivity contribution in [3.05, 3.63) is 113 Å². The third-order valence-corrected chi connectivity index (χ3v) is 5.33. The van der Waals surface area contributed by atoms with Crippen LogP contribution in [0.4, 0.5) is 8.78 Å². The van der Waals surface area contributed by atoms with E-state index in [0.717, 1.165) is 22.4 Å². The molecule has 0 amide bonds. The molecule has 0 heterocycles. The lowest BCUT2D eigenvalue weighted by Gasteiger charge is -2.13. The summed E-state index contributed by atoms with van der Waals surface area (Å²) in [6, 6.07) is 22.4. The molecule has 0 radical (unpaired) electrons. The van der Waals surface area contributed by atoms with Crippen LogP contribution in [0.15, 0.2) is 78.9 Å². The van der Waals surface area contributed by atoms with Crippen LogP contribution in [0.3, 0.4) is 0 Å². The monoisotopic (exact) mass is 377 g/mol. The minimum atomic E-state index is -0.267. The van der Waals surface area contributed by atoms with Gasteiger partial charge in [-0.25, -0.2) is 8.78 Å². The predicted molar refractivity (Wildman–Crippen MR) is 107 cm³/mol. The molecular weight excluding hydrogens is 360 g/mol. The maximum atomic E-state index is 13.3. The zero-order valence-corrected chi connectivity index (χ0v) is 15.3. The minimum absolute atomic E-state index is 0.0197. The summed E-state index contributed by atoms with van der Waals surface area (Å²) in [5.74, 6) is 0.219. The Bertz CT molecular complexity index is 940. The predicted octanol–water partition coefficient (Wildman–Crippen LogP) is 6.52. The molecule has 1 unspecified atom stereocenters. The highest BCUT2D eigenvalue weighted by Crippen LogP contribution is 2.33. The van der Waals surface area contributed by atoms with Gasteiger partial charge in [0.15, 0.2) is 0 Å². The van der Waals surface area contributed by atoms with Crippen LogP contribution in [0.2, 0.25) is 0 Å². The number of halogens is 2. The van der Waals surface area contributed by atoms with Crippen molar-refractivity contribution in [2.24, 2.45) is 0 Å². The number of hydrogen-bond acceptors (Lipinski definition) is 2. The standard InChI is InChI=1S/C23H17F2NS/c24-21-10-5-17(6-11-21)7-14-23(20-8-12-22(25)13-9-20)27-16-19-3-1-18(15-26)2-4-19/h1-14,23H,16H2/b14-7+. The number of hydrogen-bond donors (Lipinski definition) is 0. The molecule has 3 aromatic rings. The van der Waals surface area contributed by atoms with Gasteiger partial charge >= 0.3 is 0 Å². The van der Waals surface area contributed by atoms with Crippen LogP contribution in [-0.2, 0) is 5.75 Å². The van der Waals surface area contributed by atoms with Gasteiger partial charge in [0.05, 0.1) is 11.6 Å². The van der Waals surface area contributed by atoms with E-state index in [4.69, 9.17) is 5.26 Å². The number of nitrogens with zero attached hydrogens (tertiary/aromatic N) is 1. The molecule has 0 fully saturated rings. The van der Waals surface area contributed by atoms with E-state index in [0.29, 0.717) is 5.56 Å². The van der Waals surface area contributed by atoms with Crippen LogP contribution in [0.25, 0.3) is 6.08 Å². The molecule has 0 aromatic heterocycles. The van der Waals surface area contributed by atoms with Crippen molar-refractivity contribution >= 4 is 17.8 Å². The summed E-state index contributed by atoms with van der Waals surface area (Å²) in [5, 5.41) is 8.91. The second-order valence-electron chi connectivity index (χ2n) is 6.00. The van der Waals surface area contributed by atoms with Crippen molar-refractivity contribution in [1.82, 2.24) is 0 Å². The Balaban J connectivity index is 1.77. The molecule has 4 heteroatoms. The Labute approximate surface area is 162 Å². The van der Waals surface area contributed by atoms with E-state index in [-0.39, 0.29) is 16.9 Å². The summed E-state index contributed by atoms with van der Waals surface area (Å²) in [6.45, 7) is 0. The fourth-order valence-corrected chi connectivity index (χ4v) is 3.65. The topological polar surface area (TPSA) is 23.8 Å². The van der Waals surface area contributed by atoms with Crippen molar-refractivity contribution in [2.45, 2.75) is 11.0 Å². The molecule has 0 saturated carbocycles. The van der Waals surface area contributed by atoms with Gasteiger partial charge in [-0.3, -0.25) is 0 Å². The summed E-state index contributed by atoms with van der Waals surface area (Å²) in [5.41, 5.74) is 3.65. The van der Waals surface area contributed by atoms with Gasteiger partial charge in [0, 0.05) is 11.0 Å². The Hall–Kier alpha value is -2.90. The molecule has 134 valence electrons. The third kappa shape index (κ3) is 5.54. The molecule has 0 aliphatic rings. The molecule has 0 bridgehead atoms. The summed E-state index contributed by atoms with van der Waals surface area (Å²) < 4.78 is 26.3. The molecule has 0 spiro atoms. The van der Waals surface area contributed by atoms with Crippen LogP contribution in [0.1, 0.15) is 27.5 Å². The van der Waals surface area contributed by atoms with E-state index < -0.39 is 0 Å². The third-order valence-electron chi connectivity index (χ3n) is 4.04. The molecule has 0 aliphatic heterocycles. The first kappa shape index (κ1) is 18.9. The largest absolute Gasteiger partial charge is 0.207 e. The lowest BCUT2D eigenvalue weighted by atomic mass is 10.1. The smallest absolute Gasteiger partial charge is 0.123 e. The van der Waals surface area contributed by atoms with Gasteiger partial charge in [-0.2, -0.15) is 5.26 Å². The van der Waals surface area contributed by atoms with Crippen LogP contribution in [0.5, 0.6) is 0 Å².